The lowest BCUT2D eigenvalue weighted by atomic mass is 10.0. The van der Waals surface area contributed by atoms with Crippen molar-refractivity contribution in [2.24, 2.45) is 0 Å². The Hall–Kier alpha value is -3.95. The molecule has 0 saturated carbocycles. The van der Waals surface area contributed by atoms with Crippen LogP contribution in [0.1, 0.15) is 47.0 Å². The van der Waals surface area contributed by atoms with Gasteiger partial charge in [0, 0.05) is 90.0 Å². The Bertz CT molecular complexity index is 1910. The van der Waals surface area contributed by atoms with Crippen LogP contribution in [0.25, 0.3) is 33.9 Å². The number of aromatic nitrogens is 3. The number of nitrogens with one attached hydrogen (secondary N) is 5. The Balaban J connectivity index is 0.989. The van der Waals surface area contributed by atoms with Gasteiger partial charge in [-0.25, -0.2) is 4.98 Å². The molecule has 2 aliphatic rings. The van der Waals surface area contributed by atoms with Gasteiger partial charge in [-0.1, -0.05) is 26.0 Å². The van der Waals surface area contributed by atoms with Gasteiger partial charge in [-0.15, -0.1) is 0 Å². The smallest absolute Gasteiger partial charge is 0.493 e. The zero-order valence-corrected chi connectivity index (χ0v) is 41.3. The van der Waals surface area contributed by atoms with Gasteiger partial charge in [-0.05, 0) is 119 Å². The highest BCUT2D eigenvalue weighted by molar-refractivity contribution is 6.62. The highest BCUT2D eigenvalue weighted by Gasteiger charge is 2.60. The van der Waals surface area contributed by atoms with Crippen LogP contribution < -0.4 is 36.1 Å². The highest BCUT2D eigenvalue weighted by atomic mass is 28.4. The molecule has 16 nitrogen and oxygen atoms in total. The van der Waals surface area contributed by atoms with Gasteiger partial charge in [0.25, 0.3) is 0 Å². The van der Waals surface area contributed by atoms with Gasteiger partial charge in [-0.2, -0.15) is 0 Å². The number of likely N-dealkylation sites (N-methyl/N-ethyl adjacent to an activating group) is 2. The maximum atomic E-state index is 10.9. The Morgan fingerprint density at radius 2 is 1.16 bits per heavy atom. The molecule has 2 bridgehead atoms. The summed E-state index contributed by atoms with van der Waals surface area (Å²) in [6.45, 7) is 21.4. The first-order chi connectivity index (χ1) is 32.8. The van der Waals surface area contributed by atoms with Crippen LogP contribution >= 0.6 is 0 Å². The summed E-state index contributed by atoms with van der Waals surface area (Å²) in [6, 6.07) is 22.7. The second kappa shape index (κ2) is 29.2. The summed E-state index contributed by atoms with van der Waals surface area (Å²) in [6.07, 6.45) is 5.67. The van der Waals surface area contributed by atoms with E-state index in [-0.39, 0.29) is 24.9 Å². The number of ether oxygens (including phenoxy) is 3. The molecule has 3 unspecified atom stereocenters. The Morgan fingerprint density at radius 3 is 1.73 bits per heavy atom. The predicted molar refractivity (Wildman–Crippen MR) is 266 cm³/mol. The Morgan fingerprint density at radius 1 is 0.627 bits per heavy atom. The molecule has 6 rings (SSSR count). The molecule has 2 aliphatic heterocycles. The number of aliphatic hydroxyl groups is 1. The molecule has 2 saturated heterocycles. The molecule has 3 atom stereocenters. The maximum Gasteiger partial charge on any atom is 0.502 e. The molecule has 3 aromatic heterocycles. The van der Waals surface area contributed by atoms with E-state index in [1.54, 1.807) is 12.4 Å². The van der Waals surface area contributed by atoms with Crippen LogP contribution in [-0.2, 0) is 18.0 Å². The number of hydrogen-bond acceptors (Lipinski definition) is 16. The van der Waals surface area contributed by atoms with Gasteiger partial charge in [-0.3, -0.25) is 14.9 Å². The first kappa shape index (κ1) is 52.4. The number of fused-ring (bicyclic) bond motifs is 2. The summed E-state index contributed by atoms with van der Waals surface area (Å²) in [7, 11) is -2.57. The number of benzene rings is 1. The first-order valence-electron chi connectivity index (χ1n) is 24.7. The van der Waals surface area contributed by atoms with Crippen LogP contribution in [0, 0.1) is 0 Å². The van der Waals surface area contributed by atoms with Gasteiger partial charge >= 0.3 is 8.80 Å². The van der Waals surface area contributed by atoms with E-state index in [2.05, 4.69) is 93.4 Å². The monoisotopic (exact) mass is 944 g/mol. The van der Waals surface area contributed by atoms with E-state index in [0.29, 0.717) is 26.4 Å². The lowest BCUT2D eigenvalue weighted by Crippen LogP contribution is -2.44. The zero-order chi connectivity index (χ0) is 46.9. The van der Waals surface area contributed by atoms with Gasteiger partial charge in [0.2, 0.25) is 0 Å². The second-order valence-corrected chi connectivity index (χ2v) is 19.7. The van der Waals surface area contributed by atoms with Crippen molar-refractivity contribution in [1.82, 2.24) is 46.4 Å². The average molecular weight is 944 g/mol. The second-order valence-electron chi connectivity index (χ2n) is 17.2. The first-order valence-corrected chi connectivity index (χ1v) is 26.6. The van der Waals surface area contributed by atoms with E-state index >= 15 is 0 Å². The van der Waals surface area contributed by atoms with Crippen LogP contribution in [0.3, 0.4) is 0 Å². The molecular formula is C50H77N9O7Si. The van der Waals surface area contributed by atoms with Crippen molar-refractivity contribution < 1.29 is 32.6 Å². The lowest BCUT2D eigenvalue weighted by Gasteiger charge is -2.27. The third-order valence-electron chi connectivity index (χ3n) is 11.6. The van der Waals surface area contributed by atoms with Crippen molar-refractivity contribution in [3.8, 4) is 45.4 Å². The minimum atomic E-state index is -2.57. The Kier molecular flexibility index (Phi) is 22.8. The van der Waals surface area contributed by atoms with Crippen molar-refractivity contribution in [2.45, 2.75) is 77.4 Å². The van der Waals surface area contributed by atoms with Crippen LogP contribution in [0.2, 0.25) is 6.04 Å². The third-order valence-corrected chi connectivity index (χ3v) is 14.7. The maximum absolute atomic E-state index is 10.9. The summed E-state index contributed by atoms with van der Waals surface area (Å²) in [4.78, 5) is 16.5. The molecule has 2 fully saturated rings. The van der Waals surface area contributed by atoms with Crippen LogP contribution in [0.15, 0.2) is 79.1 Å². The van der Waals surface area contributed by atoms with E-state index in [1.165, 1.54) is 0 Å². The standard InChI is InChI=1S/C50H77N9O7Si/c1-5-51-20-21-55-23-22-53-16-11-29-62-44-32-41(42-34-48(46-14-7-9-18-56-46)58-49(35-42)47-15-8-10-19-57-47)33-45(36-44)63-30-12-17-54-25-27-59(26-24-52-6-2)37-43(60)38-61-28-13-31-67-64-39(3)50(66-67)40(4)65-67/h7-10,14-15,18-19,32-36,39-40,43,50-55,60H,5-6,11-13,16-17,20-31,37-38H2,1-4H3. The summed E-state index contributed by atoms with van der Waals surface area (Å²) in [5.41, 5.74) is 4.99. The quantitative estimate of drug-likeness (QED) is 0.0278. The molecule has 1 aromatic carbocycles. The van der Waals surface area contributed by atoms with Crippen LogP contribution in [0.5, 0.6) is 11.5 Å². The third kappa shape index (κ3) is 17.8. The average Bonchev–Trinajstić information content (AvgIpc) is 3.85. The number of pyridine rings is 3. The Labute approximate surface area is 400 Å². The fraction of sp³-hybridized carbons (Fsp3) is 0.580. The topological polar surface area (TPSA) is 178 Å². The molecule has 4 aromatic rings. The minimum Gasteiger partial charge on any atom is -0.493 e. The minimum absolute atomic E-state index is 0.0438. The fourth-order valence-electron chi connectivity index (χ4n) is 8.22. The molecular weight excluding hydrogens is 867 g/mol. The van der Waals surface area contributed by atoms with Gasteiger partial charge < -0.3 is 59.2 Å². The lowest BCUT2D eigenvalue weighted by molar-refractivity contribution is 0.0152. The molecule has 0 radical (unpaired) electrons. The predicted octanol–water partition coefficient (Wildman–Crippen LogP) is 4.63. The van der Waals surface area contributed by atoms with Crippen molar-refractivity contribution in [3.63, 3.8) is 0 Å². The molecule has 5 heterocycles. The molecule has 0 amide bonds. The van der Waals surface area contributed by atoms with E-state index in [9.17, 15) is 5.11 Å². The number of nitrogens with zero attached hydrogens (tertiary/aromatic N) is 4. The molecule has 0 aliphatic carbocycles. The van der Waals surface area contributed by atoms with E-state index in [0.717, 1.165) is 149 Å². The van der Waals surface area contributed by atoms with Gasteiger partial charge in [0.05, 0.1) is 67.0 Å². The molecule has 6 N–H and O–H groups in total. The van der Waals surface area contributed by atoms with Crippen molar-refractivity contribution in [2.75, 3.05) is 112 Å². The van der Waals surface area contributed by atoms with Gasteiger partial charge in [0.1, 0.15) is 11.5 Å². The SMILES string of the molecule is CCNCCNCCNCCCOc1cc(OCCCNCCN(CCNCC)CC(O)COCCC[Si]23OC(C)C(O2)C(C)O3)cc(-c2cc(-c3ccccn3)nc(-c3ccccn3)c2)c1. The van der Waals surface area contributed by atoms with E-state index in [4.69, 9.17) is 32.5 Å². The molecule has 67 heavy (non-hydrogen) atoms. The van der Waals surface area contributed by atoms with Crippen molar-refractivity contribution >= 4 is 8.80 Å². The highest BCUT2D eigenvalue weighted by Crippen LogP contribution is 2.40. The zero-order valence-electron chi connectivity index (χ0n) is 40.3. The molecule has 17 heteroatoms. The fourth-order valence-corrected chi connectivity index (χ4v) is 11.5. The number of rotatable bonds is 35. The van der Waals surface area contributed by atoms with Gasteiger partial charge in [0.15, 0.2) is 0 Å². The summed E-state index contributed by atoms with van der Waals surface area (Å²) < 4.78 is 37.0. The summed E-state index contributed by atoms with van der Waals surface area (Å²) in [5, 5.41) is 28.2. The normalized spacial score (nSPS) is 19.3. The molecule has 0 spiro atoms. The van der Waals surface area contributed by atoms with E-state index < -0.39 is 14.9 Å². The summed E-state index contributed by atoms with van der Waals surface area (Å²) in [5.74, 6) is 1.49. The van der Waals surface area contributed by atoms with Crippen molar-refractivity contribution in [1.29, 1.82) is 0 Å². The van der Waals surface area contributed by atoms with Crippen molar-refractivity contribution in [3.05, 3.63) is 79.1 Å². The number of aliphatic hydroxyl groups excluding tert-OH is 1. The largest absolute Gasteiger partial charge is 0.502 e. The van der Waals surface area contributed by atoms with E-state index in [1.807, 2.05) is 42.5 Å². The number of hydrogen-bond donors (Lipinski definition) is 6. The van der Waals surface area contributed by atoms with Crippen LogP contribution in [-0.4, -0.2) is 170 Å². The van der Waals surface area contributed by atoms with Crippen LogP contribution in [0.4, 0.5) is 0 Å². The summed E-state index contributed by atoms with van der Waals surface area (Å²) >= 11 is 0. The molecule has 368 valence electrons.